The second kappa shape index (κ2) is 13.1. The molecule has 6 N–H and O–H groups in total. The molecular weight excluding hydrogens is 468 g/mol. The molecule has 4 aromatic rings. The van der Waals surface area contributed by atoms with Crippen LogP contribution in [0.2, 0.25) is 0 Å². The smallest absolute Gasteiger partial charge is 0.0738 e. The molecule has 2 heterocycles. The van der Waals surface area contributed by atoms with Gasteiger partial charge >= 0.3 is 0 Å². The van der Waals surface area contributed by atoms with Crippen LogP contribution in [0.25, 0.3) is 38.8 Å². The number of nitrogens with zero attached hydrogens (tertiary/aromatic N) is 2. The lowest BCUT2D eigenvalue weighted by Crippen LogP contribution is -2.15. The molecule has 0 aliphatic heterocycles. The van der Waals surface area contributed by atoms with E-state index in [9.17, 15) is 0 Å². The van der Waals surface area contributed by atoms with Gasteiger partial charge in [0, 0.05) is 45.9 Å². The molecule has 2 aromatic carbocycles. The molecule has 0 radical (unpaired) electrons. The maximum Gasteiger partial charge on any atom is 0.0738 e. The fourth-order valence-electron chi connectivity index (χ4n) is 4.68. The highest BCUT2D eigenvalue weighted by Gasteiger charge is 2.15. The molecule has 0 bridgehead atoms. The Morgan fingerprint density at radius 3 is 2.68 bits per heavy atom. The van der Waals surface area contributed by atoms with E-state index in [2.05, 4.69) is 79.3 Å². The maximum absolute atomic E-state index is 6.30. The van der Waals surface area contributed by atoms with Gasteiger partial charge in [0.25, 0.3) is 0 Å². The number of hydrogen-bond acceptors (Lipinski definition) is 5. The van der Waals surface area contributed by atoms with Gasteiger partial charge in [0.05, 0.1) is 23.3 Å². The zero-order chi connectivity index (χ0) is 26.9. The Hall–Kier alpha value is -3.79. The Morgan fingerprint density at radius 2 is 1.87 bits per heavy atom. The molecule has 198 valence electrons. The van der Waals surface area contributed by atoms with Crippen LogP contribution in [0, 0.1) is 18.8 Å². The Balaban J connectivity index is 1.63. The first-order valence-corrected chi connectivity index (χ1v) is 13.7. The number of hydrogen-bond donors (Lipinski definition) is 4. The number of fused-ring (bicyclic) bond motifs is 2. The third-order valence-corrected chi connectivity index (χ3v) is 6.74. The highest BCUT2D eigenvalue weighted by Crippen LogP contribution is 2.33. The van der Waals surface area contributed by atoms with Crippen molar-refractivity contribution in [2.45, 2.75) is 46.0 Å². The summed E-state index contributed by atoms with van der Waals surface area (Å²) in [6.45, 7) is 11.9. The molecule has 38 heavy (non-hydrogen) atoms. The average molecular weight is 509 g/mol. The number of benzene rings is 2. The van der Waals surface area contributed by atoms with Crippen molar-refractivity contribution in [2.24, 2.45) is 5.73 Å². The van der Waals surface area contributed by atoms with E-state index >= 15 is 0 Å². The number of aryl methyl sites for hydroxylation is 1. The van der Waals surface area contributed by atoms with Gasteiger partial charge in [-0.05, 0) is 75.7 Å². The minimum atomic E-state index is 0.673. The summed E-state index contributed by atoms with van der Waals surface area (Å²) >= 11 is 0. The van der Waals surface area contributed by atoms with Crippen molar-refractivity contribution in [2.75, 3.05) is 32.0 Å². The van der Waals surface area contributed by atoms with Crippen LogP contribution in [0.4, 0.5) is 0 Å². The van der Waals surface area contributed by atoms with Crippen molar-refractivity contribution in [3.63, 3.8) is 0 Å². The molecule has 6 nitrogen and oxygen atoms in total. The van der Waals surface area contributed by atoms with Crippen LogP contribution in [0.3, 0.4) is 0 Å². The zero-order valence-corrected chi connectivity index (χ0v) is 22.7. The summed E-state index contributed by atoms with van der Waals surface area (Å²) in [5.74, 6) is 12.9. The normalized spacial score (nSPS) is 11.0. The van der Waals surface area contributed by atoms with Crippen molar-refractivity contribution in [3.8, 4) is 23.1 Å². The summed E-state index contributed by atoms with van der Waals surface area (Å²) in [5.41, 5.74) is 13.4. The minimum absolute atomic E-state index is 0.673. The molecule has 0 fully saturated rings. The van der Waals surface area contributed by atoms with Crippen molar-refractivity contribution < 1.29 is 0 Å². The van der Waals surface area contributed by atoms with Crippen LogP contribution < -0.4 is 22.2 Å². The van der Waals surface area contributed by atoms with E-state index in [1.807, 2.05) is 12.3 Å². The van der Waals surface area contributed by atoms with Gasteiger partial charge in [-0.1, -0.05) is 49.8 Å². The first kappa shape index (κ1) is 27.3. The molecule has 2 aromatic heterocycles. The van der Waals surface area contributed by atoms with Crippen LogP contribution in [0.5, 0.6) is 0 Å². The number of nitrogen functional groups attached to an aromatic ring is 1. The summed E-state index contributed by atoms with van der Waals surface area (Å²) in [6, 6.07) is 14.6. The van der Waals surface area contributed by atoms with Gasteiger partial charge in [-0.3, -0.25) is 4.68 Å². The third-order valence-electron chi connectivity index (χ3n) is 6.74. The van der Waals surface area contributed by atoms with E-state index in [4.69, 9.17) is 16.6 Å². The second-order valence-electron chi connectivity index (χ2n) is 9.84. The number of aromatic nitrogens is 2. The van der Waals surface area contributed by atoms with Gasteiger partial charge in [0.1, 0.15) is 0 Å². The molecule has 6 heteroatoms. The fraction of sp³-hybridized carbons (Fsp3) is 0.344. The number of nitrogens with one attached hydrogen (secondary N) is 2. The minimum Gasteiger partial charge on any atom is -0.385 e. The number of nitrogens with two attached hydrogens (primary N) is 2. The van der Waals surface area contributed by atoms with Crippen LogP contribution in [0.1, 0.15) is 55.7 Å². The third kappa shape index (κ3) is 6.55. The van der Waals surface area contributed by atoms with Gasteiger partial charge < -0.3 is 22.2 Å². The predicted octanol–water partition coefficient (Wildman–Crippen LogP) is 5.31. The van der Waals surface area contributed by atoms with Gasteiger partial charge in [-0.2, -0.15) is 0 Å². The predicted molar refractivity (Wildman–Crippen MR) is 162 cm³/mol. The molecule has 0 unspecified atom stereocenters. The van der Waals surface area contributed by atoms with E-state index in [0.717, 1.165) is 88.8 Å². The van der Waals surface area contributed by atoms with Crippen molar-refractivity contribution in [3.05, 3.63) is 71.9 Å². The molecule has 0 aliphatic carbocycles. The standard InChI is InChI=1S/C32H40N6/c1-4-16-36-24(3)26-21-31(29-22-38(34)32-14-11-23(2)19-28(29)32)37-30-13-12-25(20-27(26)30)10-9-18-35-17-8-6-5-7-15-33/h11-14,19-22,35-36H,3-8,15-18,33-34H2,1-2H3. The molecule has 0 spiro atoms. The van der Waals surface area contributed by atoms with Crippen molar-refractivity contribution in [1.29, 1.82) is 0 Å². The Labute approximate surface area is 226 Å². The van der Waals surface area contributed by atoms with Crippen LogP contribution in [-0.4, -0.2) is 35.8 Å². The summed E-state index contributed by atoms with van der Waals surface area (Å²) in [4.78, 5) is 5.05. The molecule has 4 rings (SSSR count). The lowest BCUT2D eigenvalue weighted by atomic mass is 10.00. The topological polar surface area (TPSA) is 93.9 Å². The first-order chi connectivity index (χ1) is 18.5. The molecule has 0 saturated carbocycles. The quantitative estimate of drug-likeness (QED) is 0.118. The number of rotatable bonds is 12. The van der Waals surface area contributed by atoms with Gasteiger partial charge in [0.2, 0.25) is 0 Å². The summed E-state index contributed by atoms with van der Waals surface area (Å²) in [5, 5.41) is 9.01. The molecular formula is C32H40N6. The molecule has 0 saturated heterocycles. The highest BCUT2D eigenvalue weighted by molar-refractivity contribution is 5.99. The average Bonchev–Trinajstić information content (AvgIpc) is 3.25. The van der Waals surface area contributed by atoms with Gasteiger partial charge in [0.15, 0.2) is 0 Å². The number of unbranched alkanes of at least 4 members (excludes halogenated alkanes) is 3. The summed E-state index contributed by atoms with van der Waals surface area (Å²) in [7, 11) is 0. The lowest BCUT2D eigenvalue weighted by Gasteiger charge is -2.14. The molecule has 0 amide bonds. The number of pyridine rings is 1. The lowest BCUT2D eigenvalue weighted by molar-refractivity contribution is 0.611. The van der Waals surface area contributed by atoms with E-state index in [0.29, 0.717) is 6.54 Å². The van der Waals surface area contributed by atoms with E-state index in [1.54, 1.807) is 4.68 Å². The van der Waals surface area contributed by atoms with E-state index < -0.39 is 0 Å². The Bertz CT molecular complexity index is 1470. The summed E-state index contributed by atoms with van der Waals surface area (Å²) in [6.07, 6.45) is 7.65. The summed E-state index contributed by atoms with van der Waals surface area (Å²) < 4.78 is 1.67. The molecule has 0 atom stereocenters. The highest BCUT2D eigenvalue weighted by atomic mass is 15.3. The van der Waals surface area contributed by atoms with E-state index in [1.165, 1.54) is 18.4 Å². The second-order valence-corrected chi connectivity index (χ2v) is 9.84. The monoisotopic (exact) mass is 508 g/mol. The molecule has 0 aliphatic rings. The Kier molecular flexibility index (Phi) is 9.42. The first-order valence-electron chi connectivity index (χ1n) is 13.7. The SMILES string of the molecule is C=C(NCCC)c1cc(-c2cn(N)c3ccc(C)cc23)nc2ccc(C#CCNCCCCCCN)cc12. The van der Waals surface area contributed by atoms with Gasteiger partial charge in [-0.25, -0.2) is 4.98 Å². The van der Waals surface area contributed by atoms with Crippen LogP contribution >= 0.6 is 0 Å². The fourth-order valence-corrected chi connectivity index (χ4v) is 4.68. The Morgan fingerprint density at radius 1 is 1.03 bits per heavy atom. The van der Waals surface area contributed by atoms with Crippen molar-refractivity contribution in [1.82, 2.24) is 20.3 Å². The van der Waals surface area contributed by atoms with Crippen LogP contribution in [0.15, 0.2) is 55.2 Å². The largest absolute Gasteiger partial charge is 0.385 e. The van der Waals surface area contributed by atoms with Crippen LogP contribution in [-0.2, 0) is 0 Å². The van der Waals surface area contributed by atoms with Gasteiger partial charge in [-0.15, -0.1) is 0 Å². The zero-order valence-electron chi connectivity index (χ0n) is 22.7. The maximum atomic E-state index is 6.30. The van der Waals surface area contributed by atoms with E-state index in [-0.39, 0.29) is 0 Å². The van der Waals surface area contributed by atoms with Crippen molar-refractivity contribution >= 4 is 27.5 Å².